The maximum absolute atomic E-state index is 5.26. The maximum Gasteiger partial charge on any atom is 0.194 e. The summed E-state index contributed by atoms with van der Waals surface area (Å²) in [6, 6.07) is 18.6. The van der Waals surface area contributed by atoms with Crippen LogP contribution >= 0.6 is 0 Å². The third kappa shape index (κ3) is 5.36. The van der Waals surface area contributed by atoms with Gasteiger partial charge in [-0.25, -0.2) is 0 Å². The molecule has 7 heteroatoms. The van der Waals surface area contributed by atoms with E-state index in [1.165, 1.54) is 11.3 Å². The van der Waals surface area contributed by atoms with E-state index in [2.05, 4.69) is 67.8 Å². The summed E-state index contributed by atoms with van der Waals surface area (Å²) in [5, 5.41) is 7.98. The van der Waals surface area contributed by atoms with Crippen LogP contribution in [0.1, 0.15) is 11.1 Å². The van der Waals surface area contributed by atoms with Gasteiger partial charge < -0.3 is 19.9 Å². The number of rotatable bonds is 6. The van der Waals surface area contributed by atoms with E-state index in [9.17, 15) is 0 Å². The third-order valence-electron chi connectivity index (χ3n) is 5.55. The number of nitrogens with zero attached hydrogens (tertiary/aromatic N) is 5. The fourth-order valence-electron chi connectivity index (χ4n) is 3.84. The van der Waals surface area contributed by atoms with Gasteiger partial charge in [0.05, 0.1) is 19.9 Å². The van der Waals surface area contributed by atoms with Crippen molar-refractivity contribution in [1.82, 2.24) is 20.0 Å². The predicted molar refractivity (Wildman–Crippen MR) is 125 cm³/mol. The van der Waals surface area contributed by atoms with Crippen LogP contribution in [0, 0.1) is 0 Å². The van der Waals surface area contributed by atoms with E-state index in [-0.39, 0.29) is 0 Å². The summed E-state index contributed by atoms with van der Waals surface area (Å²) in [6.45, 7) is 5.27. The number of benzene rings is 2. The van der Waals surface area contributed by atoms with E-state index in [4.69, 9.17) is 4.74 Å². The van der Waals surface area contributed by atoms with Crippen molar-refractivity contribution in [2.24, 2.45) is 4.99 Å². The average molecular weight is 419 g/mol. The van der Waals surface area contributed by atoms with Crippen LogP contribution in [0.15, 0.2) is 72.0 Å². The Morgan fingerprint density at radius 3 is 2.42 bits per heavy atom. The fraction of sp³-hybridized carbons (Fsp3) is 0.333. The van der Waals surface area contributed by atoms with Crippen LogP contribution in [0.5, 0.6) is 5.75 Å². The molecule has 2 aromatic carbocycles. The molecule has 0 atom stereocenters. The number of aliphatic imine (C=N–C) groups is 1. The minimum Gasteiger partial charge on any atom is -0.497 e. The number of ether oxygens (including phenoxy) is 1. The Morgan fingerprint density at radius 2 is 1.74 bits per heavy atom. The lowest BCUT2D eigenvalue weighted by molar-refractivity contribution is 0.372. The second kappa shape index (κ2) is 10.0. The lowest BCUT2D eigenvalue weighted by Crippen LogP contribution is -2.52. The van der Waals surface area contributed by atoms with Gasteiger partial charge in [-0.2, -0.15) is 5.10 Å². The van der Waals surface area contributed by atoms with Gasteiger partial charge in [-0.1, -0.05) is 30.3 Å². The van der Waals surface area contributed by atoms with Crippen molar-refractivity contribution >= 4 is 11.6 Å². The van der Waals surface area contributed by atoms with E-state index in [0.717, 1.165) is 50.0 Å². The molecule has 2 heterocycles. The van der Waals surface area contributed by atoms with Crippen LogP contribution in [0.4, 0.5) is 5.69 Å². The molecule has 4 rings (SSSR count). The quantitative estimate of drug-likeness (QED) is 0.493. The van der Waals surface area contributed by atoms with Crippen molar-refractivity contribution in [1.29, 1.82) is 0 Å². The molecule has 1 aliphatic rings. The zero-order valence-electron chi connectivity index (χ0n) is 18.2. The summed E-state index contributed by atoms with van der Waals surface area (Å²) >= 11 is 0. The highest BCUT2D eigenvalue weighted by Crippen LogP contribution is 2.20. The van der Waals surface area contributed by atoms with Crippen LogP contribution in [0.3, 0.4) is 0 Å². The second-order valence-electron chi connectivity index (χ2n) is 7.60. The Hall–Kier alpha value is -3.48. The maximum atomic E-state index is 5.26. The zero-order valence-corrected chi connectivity index (χ0v) is 18.2. The third-order valence-corrected chi connectivity index (χ3v) is 5.55. The number of hydrogen-bond acceptors (Lipinski definition) is 4. The lowest BCUT2D eigenvalue weighted by atomic mass is 10.2. The molecular formula is C24H30N6O. The van der Waals surface area contributed by atoms with Crippen molar-refractivity contribution in [3.05, 3.63) is 78.1 Å². The Balaban J connectivity index is 1.27. The van der Waals surface area contributed by atoms with Gasteiger partial charge in [0.1, 0.15) is 5.75 Å². The second-order valence-corrected chi connectivity index (χ2v) is 7.60. The van der Waals surface area contributed by atoms with Crippen LogP contribution < -0.4 is 15.0 Å². The van der Waals surface area contributed by atoms with E-state index >= 15 is 0 Å². The van der Waals surface area contributed by atoms with E-state index < -0.39 is 0 Å². The van der Waals surface area contributed by atoms with Crippen LogP contribution in [0.25, 0.3) is 0 Å². The Labute approximate surface area is 184 Å². The summed E-state index contributed by atoms with van der Waals surface area (Å²) in [6.07, 6.45) is 4.01. The largest absolute Gasteiger partial charge is 0.497 e. The first-order valence-electron chi connectivity index (χ1n) is 10.6. The van der Waals surface area contributed by atoms with Gasteiger partial charge in [-0.15, -0.1) is 0 Å². The minimum absolute atomic E-state index is 0.708. The van der Waals surface area contributed by atoms with E-state index in [0.29, 0.717) is 6.54 Å². The van der Waals surface area contributed by atoms with Crippen LogP contribution in [-0.4, -0.2) is 61.0 Å². The van der Waals surface area contributed by atoms with Crippen molar-refractivity contribution in [3.8, 4) is 5.75 Å². The van der Waals surface area contributed by atoms with Crippen molar-refractivity contribution in [2.75, 3.05) is 45.2 Å². The Bertz CT molecular complexity index is 975. The minimum atomic E-state index is 0.708. The molecule has 1 N–H and O–H groups in total. The van der Waals surface area contributed by atoms with Crippen molar-refractivity contribution < 1.29 is 4.74 Å². The molecule has 3 aromatic rings. The molecule has 0 aliphatic carbocycles. The Morgan fingerprint density at radius 1 is 1.00 bits per heavy atom. The van der Waals surface area contributed by atoms with E-state index in [1.807, 2.05) is 36.1 Å². The van der Waals surface area contributed by atoms with Crippen LogP contribution in [0.2, 0.25) is 0 Å². The normalized spacial score (nSPS) is 14.6. The molecule has 1 aliphatic heterocycles. The van der Waals surface area contributed by atoms with Gasteiger partial charge in [0.2, 0.25) is 0 Å². The van der Waals surface area contributed by atoms with Crippen molar-refractivity contribution in [2.45, 2.75) is 13.1 Å². The number of methoxy groups -OCH3 is 1. The van der Waals surface area contributed by atoms with Gasteiger partial charge in [0.25, 0.3) is 0 Å². The Kier molecular flexibility index (Phi) is 6.72. The first kappa shape index (κ1) is 20.8. The number of aromatic nitrogens is 2. The predicted octanol–water partition coefficient (Wildman–Crippen LogP) is 2.84. The number of guanidine groups is 1. The monoisotopic (exact) mass is 418 g/mol. The van der Waals surface area contributed by atoms with Gasteiger partial charge in [0.15, 0.2) is 5.96 Å². The SMILES string of the molecule is CN=C(NCc1cnn(Cc2ccccc2)c1)N1CCN(c2ccc(OC)cc2)CC1. The molecule has 0 saturated carbocycles. The highest BCUT2D eigenvalue weighted by molar-refractivity contribution is 5.80. The van der Waals surface area contributed by atoms with Gasteiger partial charge in [-0.3, -0.25) is 9.67 Å². The molecule has 0 amide bonds. The topological polar surface area (TPSA) is 57.9 Å². The number of piperazine rings is 1. The molecule has 1 saturated heterocycles. The molecule has 1 fully saturated rings. The smallest absolute Gasteiger partial charge is 0.194 e. The summed E-state index contributed by atoms with van der Waals surface area (Å²) in [5.74, 6) is 1.82. The highest BCUT2D eigenvalue weighted by atomic mass is 16.5. The summed E-state index contributed by atoms with van der Waals surface area (Å²) in [4.78, 5) is 9.20. The van der Waals surface area contributed by atoms with Gasteiger partial charge in [0, 0.05) is 57.2 Å². The van der Waals surface area contributed by atoms with E-state index in [1.54, 1.807) is 7.11 Å². The lowest BCUT2D eigenvalue weighted by Gasteiger charge is -2.37. The van der Waals surface area contributed by atoms with Crippen molar-refractivity contribution in [3.63, 3.8) is 0 Å². The first-order chi connectivity index (χ1) is 15.2. The highest BCUT2D eigenvalue weighted by Gasteiger charge is 2.20. The summed E-state index contributed by atoms with van der Waals surface area (Å²) < 4.78 is 7.23. The molecule has 31 heavy (non-hydrogen) atoms. The summed E-state index contributed by atoms with van der Waals surface area (Å²) in [5.41, 5.74) is 3.62. The molecular weight excluding hydrogens is 388 g/mol. The summed E-state index contributed by atoms with van der Waals surface area (Å²) in [7, 11) is 3.54. The number of anilines is 1. The molecule has 0 bridgehead atoms. The molecule has 1 aromatic heterocycles. The molecule has 0 radical (unpaired) electrons. The average Bonchev–Trinajstić information content (AvgIpc) is 3.28. The number of nitrogens with one attached hydrogen (secondary N) is 1. The van der Waals surface area contributed by atoms with Gasteiger partial charge in [-0.05, 0) is 29.8 Å². The molecule has 0 unspecified atom stereocenters. The first-order valence-corrected chi connectivity index (χ1v) is 10.6. The zero-order chi connectivity index (χ0) is 21.5. The number of hydrogen-bond donors (Lipinski definition) is 1. The fourth-order valence-corrected chi connectivity index (χ4v) is 3.84. The van der Waals surface area contributed by atoms with Crippen LogP contribution in [-0.2, 0) is 13.1 Å². The molecule has 7 nitrogen and oxygen atoms in total. The molecule has 162 valence electrons. The molecule has 0 spiro atoms. The standard InChI is InChI=1S/C24H30N6O/c1-25-24(26-16-21-17-27-30(19-21)18-20-6-4-3-5-7-20)29-14-12-28(13-15-29)22-8-10-23(31-2)11-9-22/h3-11,17,19H,12-16,18H2,1-2H3,(H,25,26). The van der Waals surface area contributed by atoms with Gasteiger partial charge >= 0.3 is 0 Å².